The van der Waals surface area contributed by atoms with E-state index in [0.717, 1.165) is 64.2 Å². The standard InChI is InChI=1S/C57H109N2O7P/c1-7-10-13-16-19-22-25-26-27-28-29-30-31-32-35-37-40-43-46-49-56(60)58-54(53-65-67(62,63)64-52-51-59(4,5)6)55(48-45-42-39-36-33-23-20-17-14-11-8-2)66-57(61)50-47-44-41-38-34-24-21-18-15-12-9-3/h19,22,26-27,45,48,54-55H,7-18,20-21,23-25,28-44,46-47,49-53H2,1-6H3,(H-,58,60,62,63)/p+1/b22-19-,27-26-,48-45-. The summed E-state index contributed by atoms with van der Waals surface area (Å²) in [5.74, 6) is -0.504. The van der Waals surface area contributed by atoms with Gasteiger partial charge in [0.15, 0.2) is 0 Å². The zero-order valence-corrected chi connectivity index (χ0v) is 45.8. The van der Waals surface area contributed by atoms with Crippen molar-refractivity contribution in [1.82, 2.24) is 5.32 Å². The van der Waals surface area contributed by atoms with Gasteiger partial charge in [-0.25, -0.2) is 4.57 Å². The Bertz CT molecular complexity index is 1250. The summed E-state index contributed by atoms with van der Waals surface area (Å²) in [5, 5.41) is 3.04. The van der Waals surface area contributed by atoms with Crippen molar-refractivity contribution < 1.29 is 37.3 Å². The number of unbranched alkanes of at least 4 members (excludes halogenated alkanes) is 31. The lowest BCUT2D eigenvalue weighted by Gasteiger charge is -2.27. The number of quaternary nitrogens is 1. The number of nitrogens with zero attached hydrogens (tertiary/aromatic N) is 1. The summed E-state index contributed by atoms with van der Waals surface area (Å²) in [6.07, 6.45) is 55.6. The van der Waals surface area contributed by atoms with E-state index in [2.05, 4.69) is 50.4 Å². The number of ether oxygens (including phenoxy) is 1. The van der Waals surface area contributed by atoms with Crippen LogP contribution >= 0.6 is 7.82 Å². The molecule has 2 N–H and O–H groups in total. The van der Waals surface area contributed by atoms with Gasteiger partial charge in [-0.05, 0) is 63.9 Å². The molecule has 0 fully saturated rings. The second-order valence-corrected chi connectivity index (χ2v) is 21.9. The zero-order valence-electron chi connectivity index (χ0n) is 44.9. The van der Waals surface area contributed by atoms with Gasteiger partial charge < -0.3 is 19.4 Å². The fourth-order valence-electron chi connectivity index (χ4n) is 8.15. The van der Waals surface area contributed by atoms with Crippen LogP contribution in [0.5, 0.6) is 0 Å². The number of esters is 1. The van der Waals surface area contributed by atoms with E-state index in [4.69, 9.17) is 13.8 Å². The van der Waals surface area contributed by atoms with Gasteiger partial charge in [-0.3, -0.25) is 18.6 Å². The van der Waals surface area contributed by atoms with Crippen LogP contribution in [0.15, 0.2) is 36.5 Å². The Morgan fingerprint density at radius 2 is 0.910 bits per heavy atom. The molecule has 0 bridgehead atoms. The predicted octanol–water partition coefficient (Wildman–Crippen LogP) is 16.8. The molecule has 3 atom stereocenters. The van der Waals surface area contributed by atoms with Crippen LogP contribution in [0.2, 0.25) is 0 Å². The van der Waals surface area contributed by atoms with Gasteiger partial charge in [-0.15, -0.1) is 0 Å². The number of hydrogen-bond donors (Lipinski definition) is 2. The van der Waals surface area contributed by atoms with E-state index in [1.54, 1.807) is 0 Å². The van der Waals surface area contributed by atoms with E-state index in [-0.39, 0.29) is 25.1 Å². The van der Waals surface area contributed by atoms with Crippen LogP contribution in [0.25, 0.3) is 0 Å². The average Bonchev–Trinajstić information content (AvgIpc) is 3.28. The highest BCUT2D eigenvalue weighted by atomic mass is 31.2. The summed E-state index contributed by atoms with van der Waals surface area (Å²) in [6.45, 7) is 6.98. The van der Waals surface area contributed by atoms with Gasteiger partial charge in [-0.2, -0.15) is 0 Å². The molecule has 0 heterocycles. The van der Waals surface area contributed by atoms with Crippen molar-refractivity contribution in [3.63, 3.8) is 0 Å². The van der Waals surface area contributed by atoms with E-state index in [0.29, 0.717) is 23.9 Å². The van der Waals surface area contributed by atoms with E-state index in [9.17, 15) is 19.0 Å². The van der Waals surface area contributed by atoms with Crippen molar-refractivity contribution in [2.24, 2.45) is 0 Å². The van der Waals surface area contributed by atoms with E-state index >= 15 is 0 Å². The highest BCUT2D eigenvalue weighted by Gasteiger charge is 2.30. The van der Waals surface area contributed by atoms with Gasteiger partial charge in [0.1, 0.15) is 19.3 Å². The first kappa shape index (κ1) is 65.2. The van der Waals surface area contributed by atoms with Crippen LogP contribution in [-0.2, 0) is 27.9 Å². The second-order valence-electron chi connectivity index (χ2n) is 20.5. The average molecular weight is 966 g/mol. The van der Waals surface area contributed by atoms with Crippen LogP contribution in [0, 0.1) is 0 Å². The number of allylic oxidation sites excluding steroid dienone is 5. The third kappa shape index (κ3) is 49.0. The first-order valence-corrected chi connectivity index (χ1v) is 29.8. The van der Waals surface area contributed by atoms with Crippen molar-refractivity contribution in [2.75, 3.05) is 40.9 Å². The maximum absolute atomic E-state index is 13.5. The molecule has 0 aliphatic rings. The minimum atomic E-state index is -4.44. The van der Waals surface area contributed by atoms with Crippen molar-refractivity contribution in [3.05, 3.63) is 36.5 Å². The number of likely N-dealkylation sites (N-methyl/N-ethyl adjacent to an activating group) is 1. The maximum Gasteiger partial charge on any atom is 0.472 e. The first-order chi connectivity index (χ1) is 32.4. The monoisotopic (exact) mass is 966 g/mol. The molecule has 0 aliphatic carbocycles. The lowest BCUT2D eigenvalue weighted by Crippen LogP contribution is -2.47. The molecule has 394 valence electrons. The molecular weight excluding hydrogens is 856 g/mol. The number of phosphoric ester groups is 1. The fraction of sp³-hybridized carbons (Fsp3) is 0.860. The molecule has 0 radical (unpaired) electrons. The number of carbonyl (C=O) groups is 2. The lowest BCUT2D eigenvalue weighted by molar-refractivity contribution is -0.870. The number of hydrogen-bond acceptors (Lipinski definition) is 6. The van der Waals surface area contributed by atoms with Crippen LogP contribution in [-0.4, -0.2) is 74.3 Å². The normalized spacial score (nSPS) is 14.1. The third-order valence-corrected chi connectivity index (χ3v) is 13.6. The van der Waals surface area contributed by atoms with Crippen molar-refractivity contribution >= 4 is 19.7 Å². The summed E-state index contributed by atoms with van der Waals surface area (Å²) < 4.78 is 30.5. The molecule has 0 aliphatic heterocycles. The molecule has 0 rings (SSSR count). The largest absolute Gasteiger partial charge is 0.472 e. The zero-order chi connectivity index (χ0) is 49.4. The number of carbonyl (C=O) groups excluding carboxylic acids is 2. The topological polar surface area (TPSA) is 111 Å². The van der Waals surface area contributed by atoms with Crippen molar-refractivity contribution in [1.29, 1.82) is 0 Å². The summed E-state index contributed by atoms with van der Waals surface area (Å²) in [7, 11) is 1.50. The lowest BCUT2D eigenvalue weighted by atomic mass is 10.0. The Hall–Kier alpha value is -1.77. The van der Waals surface area contributed by atoms with E-state index < -0.39 is 20.0 Å². The van der Waals surface area contributed by atoms with E-state index in [1.807, 2.05) is 33.3 Å². The summed E-state index contributed by atoms with van der Waals surface area (Å²) in [6, 6.07) is -0.844. The molecule has 0 aromatic rings. The smallest absolute Gasteiger partial charge is 0.456 e. The summed E-state index contributed by atoms with van der Waals surface area (Å²) in [4.78, 5) is 37.5. The van der Waals surface area contributed by atoms with Gasteiger partial charge in [0.2, 0.25) is 5.91 Å². The molecule has 0 saturated carbocycles. The number of nitrogens with one attached hydrogen (secondary N) is 1. The fourth-order valence-corrected chi connectivity index (χ4v) is 8.88. The molecular formula is C57H110N2O7P+. The highest BCUT2D eigenvalue weighted by Crippen LogP contribution is 2.43. The number of rotatable bonds is 51. The quantitative estimate of drug-likeness (QED) is 0.0205. The van der Waals surface area contributed by atoms with Gasteiger partial charge in [0, 0.05) is 12.8 Å². The van der Waals surface area contributed by atoms with Crippen LogP contribution in [0.1, 0.15) is 265 Å². The van der Waals surface area contributed by atoms with Gasteiger partial charge in [0.05, 0.1) is 33.8 Å². The summed E-state index contributed by atoms with van der Waals surface area (Å²) in [5.41, 5.74) is 0. The van der Waals surface area contributed by atoms with Gasteiger partial charge in [-0.1, -0.05) is 225 Å². The Balaban J connectivity index is 5.25. The second kappa shape index (κ2) is 47.9. The molecule has 67 heavy (non-hydrogen) atoms. The van der Waals surface area contributed by atoms with Crippen molar-refractivity contribution in [2.45, 2.75) is 277 Å². The molecule has 0 aromatic carbocycles. The molecule has 10 heteroatoms. The first-order valence-electron chi connectivity index (χ1n) is 28.3. The maximum atomic E-state index is 13.5. The third-order valence-electron chi connectivity index (χ3n) is 12.6. The van der Waals surface area contributed by atoms with E-state index in [1.165, 1.54) is 167 Å². The highest BCUT2D eigenvalue weighted by molar-refractivity contribution is 7.47. The van der Waals surface area contributed by atoms with Gasteiger partial charge >= 0.3 is 13.8 Å². The minimum Gasteiger partial charge on any atom is -0.456 e. The molecule has 0 spiro atoms. The Morgan fingerprint density at radius 3 is 1.37 bits per heavy atom. The Morgan fingerprint density at radius 1 is 0.522 bits per heavy atom. The predicted molar refractivity (Wildman–Crippen MR) is 286 cm³/mol. The Kier molecular flexibility index (Phi) is 46.6. The summed E-state index contributed by atoms with van der Waals surface area (Å²) >= 11 is 0. The Labute approximate surface area is 415 Å². The van der Waals surface area contributed by atoms with Crippen molar-refractivity contribution in [3.8, 4) is 0 Å². The minimum absolute atomic E-state index is 0.0412. The van der Waals surface area contributed by atoms with Crippen LogP contribution in [0.3, 0.4) is 0 Å². The molecule has 0 saturated heterocycles. The molecule has 1 amide bonds. The van der Waals surface area contributed by atoms with Crippen LogP contribution in [0.4, 0.5) is 0 Å². The number of amides is 1. The molecule has 9 nitrogen and oxygen atoms in total. The molecule has 3 unspecified atom stereocenters. The van der Waals surface area contributed by atoms with Gasteiger partial charge in [0.25, 0.3) is 0 Å². The molecule has 0 aromatic heterocycles. The van der Waals surface area contributed by atoms with Crippen LogP contribution < -0.4 is 5.32 Å². The number of phosphoric acid groups is 1. The SMILES string of the molecule is CCCCC/C=C\C/C=C\CCCCCCCCCCCC(=O)NC(COP(=O)(O)OCC[N+](C)(C)C)C(/C=C\CCCCCCCCCCC)OC(=O)CCCCCCCCCCCCC.